The normalized spacial score (nSPS) is 19.5. The summed E-state index contributed by atoms with van der Waals surface area (Å²) < 4.78 is 0. The largest absolute Gasteiger partial charge is 0.236 e. The van der Waals surface area contributed by atoms with Crippen molar-refractivity contribution in [3.8, 4) is 17.5 Å². The first-order chi connectivity index (χ1) is 18.2. The molecule has 1 heterocycles. The minimum absolute atomic E-state index is 0.0791. The monoisotopic (exact) mass is 501 g/mol. The Bertz CT molecular complexity index is 902. The molecule has 0 unspecified atom stereocenters. The van der Waals surface area contributed by atoms with Crippen molar-refractivity contribution in [2.45, 2.75) is 142 Å². The Kier molecular flexibility index (Phi) is 13.2. The van der Waals surface area contributed by atoms with Crippen molar-refractivity contribution in [1.29, 1.82) is 5.26 Å². The van der Waals surface area contributed by atoms with Gasteiger partial charge in [0, 0.05) is 18.0 Å². The number of benzene rings is 1. The van der Waals surface area contributed by atoms with E-state index >= 15 is 0 Å². The highest BCUT2D eigenvalue weighted by molar-refractivity contribution is 5.55. The highest BCUT2D eigenvalue weighted by atomic mass is 14.9. The van der Waals surface area contributed by atoms with Gasteiger partial charge in [0.15, 0.2) is 5.82 Å². The lowest BCUT2D eigenvalue weighted by Crippen LogP contribution is -2.25. The molecule has 1 aromatic heterocycles. The van der Waals surface area contributed by atoms with Crippen LogP contribution in [0.4, 0.5) is 0 Å². The lowest BCUT2D eigenvalue weighted by molar-refractivity contribution is 0.222. The summed E-state index contributed by atoms with van der Waals surface area (Å²) in [6, 6.07) is 11.6. The Morgan fingerprint density at radius 2 is 1.30 bits per heavy atom. The minimum atomic E-state index is -0.0791. The molecule has 0 aliphatic heterocycles. The van der Waals surface area contributed by atoms with Gasteiger partial charge < -0.3 is 0 Å². The number of hydrogen-bond acceptors (Lipinski definition) is 3. The average molecular weight is 502 g/mol. The molecule has 3 nitrogen and oxygen atoms in total. The molecule has 1 aliphatic rings. The predicted molar refractivity (Wildman–Crippen MR) is 156 cm³/mol. The predicted octanol–water partition coefficient (Wildman–Crippen LogP) is 10.4. The molecule has 1 aliphatic carbocycles. The van der Waals surface area contributed by atoms with Gasteiger partial charge >= 0.3 is 0 Å². The number of aryl methyl sites for hydroxylation is 1. The summed E-state index contributed by atoms with van der Waals surface area (Å²) in [5, 5.41) is 10.00. The van der Waals surface area contributed by atoms with Gasteiger partial charge in [0.2, 0.25) is 0 Å². The third kappa shape index (κ3) is 9.88. The van der Waals surface area contributed by atoms with Crippen molar-refractivity contribution in [3.63, 3.8) is 0 Å². The van der Waals surface area contributed by atoms with E-state index < -0.39 is 0 Å². The van der Waals surface area contributed by atoms with Gasteiger partial charge in [-0.2, -0.15) is 5.26 Å². The van der Waals surface area contributed by atoms with E-state index in [0.717, 1.165) is 49.9 Å². The van der Waals surface area contributed by atoms with Crippen LogP contribution >= 0.6 is 0 Å². The summed E-state index contributed by atoms with van der Waals surface area (Å²) in [6.07, 6.45) is 27.7. The van der Waals surface area contributed by atoms with Crippen LogP contribution in [-0.4, -0.2) is 9.97 Å². The number of hydrogen-bond donors (Lipinski definition) is 0. The van der Waals surface area contributed by atoms with Crippen LogP contribution in [0.15, 0.2) is 36.7 Å². The molecule has 2 aromatic rings. The van der Waals surface area contributed by atoms with Crippen molar-refractivity contribution < 1.29 is 0 Å². The number of nitrogens with zero attached hydrogens (tertiary/aromatic N) is 3. The number of rotatable bonds is 17. The molecule has 1 fully saturated rings. The van der Waals surface area contributed by atoms with E-state index in [1.165, 1.54) is 94.6 Å². The molecule has 202 valence electrons. The third-order valence-electron chi connectivity index (χ3n) is 8.60. The second-order valence-electron chi connectivity index (χ2n) is 11.6. The summed E-state index contributed by atoms with van der Waals surface area (Å²) in [5.41, 5.74) is 3.66. The number of unbranched alkanes of at least 4 members (excludes halogenated alkanes) is 11. The van der Waals surface area contributed by atoms with E-state index in [0.29, 0.717) is 5.92 Å². The standard InChI is InChI=1S/C34H51N3/c1-3-5-7-9-10-11-13-15-23-34(28-35)24-21-31(22-25-34)30-17-19-32(20-18-30)33-36-26-29(27-37-33)16-14-12-8-6-4-2/h17-20,26-27,31H,3-16,21-25H2,1-2H3/t31-,34-. The highest BCUT2D eigenvalue weighted by Gasteiger charge is 2.35. The molecule has 3 rings (SSSR count). The van der Waals surface area contributed by atoms with Crippen LogP contribution in [0.2, 0.25) is 0 Å². The molecule has 0 spiro atoms. The number of aromatic nitrogens is 2. The molecule has 0 amide bonds. The first-order valence-corrected chi connectivity index (χ1v) is 15.5. The Morgan fingerprint density at radius 1 is 0.757 bits per heavy atom. The van der Waals surface area contributed by atoms with Gasteiger partial charge in [0.25, 0.3) is 0 Å². The highest BCUT2D eigenvalue weighted by Crippen LogP contribution is 2.45. The van der Waals surface area contributed by atoms with Crippen molar-refractivity contribution in [2.75, 3.05) is 0 Å². The molecule has 0 N–H and O–H groups in total. The first kappa shape index (κ1) is 29.3. The molecule has 1 aromatic carbocycles. The van der Waals surface area contributed by atoms with Crippen LogP contribution in [0.5, 0.6) is 0 Å². The van der Waals surface area contributed by atoms with Crippen LogP contribution in [0.1, 0.15) is 146 Å². The molecular formula is C34H51N3. The van der Waals surface area contributed by atoms with Crippen molar-refractivity contribution >= 4 is 0 Å². The van der Waals surface area contributed by atoms with E-state index in [1.807, 2.05) is 12.4 Å². The second kappa shape index (κ2) is 16.6. The van der Waals surface area contributed by atoms with E-state index in [4.69, 9.17) is 0 Å². The zero-order valence-corrected chi connectivity index (χ0v) is 23.8. The molecule has 3 heteroatoms. The van der Waals surface area contributed by atoms with Crippen molar-refractivity contribution in [3.05, 3.63) is 47.8 Å². The summed E-state index contributed by atoms with van der Waals surface area (Å²) in [6.45, 7) is 4.53. The molecule has 0 bridgehead atoms. The van der Waals surface area contributed by atoms with Gasteiger partial charge in [-0.15, -0.1) is 0 Å². The van der Waals surface area contributed by atoms with E-state index in [2.05, 4.69) is 54.2 Å². The lowest BCUT2D eigenvalue weighted by Gasteiger charge is -2.35. The second-order valence-corrected chi connectivity index (χ2v) is 11.6. The molecule has 0 saturated heterocycles. The Labute approximate surface area is 227 Å². The van der Waals surface area contributed by atoms with E-state index in [1.54, 1.807) is 0 Å². The maximum absolute atomic E-state index is 10.00. The van der Waals surface area contributed by atoms with Crippen LogP contribution in [0, 0.1) is 16.7 Å². The summed E-state index contributed by atoms with van der Waals surface area (Å²) in [5.74, 6) is 1.39. The molecule has 0 radical (unpaired) electrons. The fourth-order valence-electron chi connectivity index (χ4n) is 5.99. The van der Waals surface area contributed by atoms with Gasteiger partial charge in [0.05, 0.1) is 11.5 Å². The van der Waals surface area contributed by atoms with E-state index in [9.17, 15) is 5.26 Å². The fraction of sp³-hybridized carbons (Fsp3) is 0.676. The van der Waals surface area contributed by atoms with Gasteiger partial charge in [-0.25, -0.2) is 9.97 Å². The Morgan fingerprint density at radius 3 is 1.86 bits per heavy atom. The average Bonchev–Trinajstić information content (AvgIpc) is 2.95. The molecule has 37 heavy (non-hydrogen) atoms. The van der Waals surface area contributed by atoms with Crippen LogP contribution in [0.3, 0.4) is 0 Å². The van der Waals surface area contributed by atoms with Crippen LogP contribution in [-0.2, 0) is 6.42 Å². The lowest BCUT2D eigenvalue weighted by atomic mass is 9.67. The van der Waals surface area contributed by atoms with Gasteiger partial charge in [-0.05, 0) is 62.0 Å². The minimum Gasteiger partial charge on any atom is -0.236 e. The van der Waals surface area contributed by atoms with Crippen LogP contribution < -0.4 is 0 Å². The van der Waals surface area contributed by atoms with Crippen molar-refractivity contribution in [1.82, 2.24) is 9.97 Å². The smallest absolute Gasteiger partial charge is 0.159 e. The van der Waals surface area contributed by atoms with Gasteiger partial charge in [-0.1, -0.05) is 115 Å². The number of nitriles is 1. The maximum atomic E-state index is 10.00. The zero-order valence-electron chi connectivity index (χ0n) is 23.8. The molecule has 1 saturated carbocycles. The topological polar surface area (TPSA) is 49.6 Å². The SMILES string of the molecule is CCCCCCCCCC[C@]1(C#N)CC[C@H](c2ccc(-c3ncc(CCCCCCC)cn3)cc2)CC1. The Hall–Kier alpha value is -2.21. The van der Waals surface area contributed by atoms with Crippen molar-refractivity contribution in [2.24, 2.45) is 5.41 Å². The van der Waals surface area contributed by atoms with Gasteiger partial charge in [0.1, 0.15) is 0 Å². The first-order valence-electron chi connectivity index (χ1n) is 15.5. The third-order valence-corrected chi connectivity index (χ3v) is 8.60. The summed E-state index contributed by atoms with van der Waals surface area (Å²) >= 11 is 0. The quantitative estimate of drug-likeness (QED) is 0.202. The zero-order chi connectivity index (χ0) is 26.2. The molecule has 0 atom stereocenters. The van der Waals surface area contributed by atoms with Gasteiger partial charge in [-0.3, -0.25) is 0 Å². The Balaban J connectivity index is 1.41. The summed E-state index contributed by atoms with van der Waals surface area (Å²) in [4.78, 5) is 9.30. The maximum Gasteiger partial charge on any atom is 0.159 e. The van der Waals surface area contributed by atoms with E-state index in [-0.39, 0.29) is 5.41 Å². The fourth-order valence-corrected chi connectivity index (χ4v) is 5.99. The summed E-state index contributed by atoms with van der Waals surface area (Å²) in [7, 11) is 0. The molecular weight excluding hydrogens is 450 g/mol. The van der Waals surface area contributed by atoms with Crippen LogP contribution in [0.25, 0.3) is 11.4 Å².